The van der Waals surface area contributed by atoms with E-state index in [9.17, 15) is 5.11 Å². The van der Waals surface area contributed by atoms with Crippen LogP contribution >= 0.6 is 0 Å². The summed E-state index contributed by atoms with van der Waals surface area (Å²) in [7, 11) is 0. The minimum absolute atomic E-state index is 0.210. The summed E-state index contributed by atoms with van der Waals surface area (Å²) >= 11 is 0. The van der Waals surface area contributed by atoms with Gasteiger partial charge in [-0.05, 0) is 61.6 Å². The van der Waals surface area contributed by atoms with Gasteiger partial charge >= 0.3 is 0 Å². The van der Waals surface area contributed by atoms with Crippen molar-refractivity contribution in [3.05, 3.63) is 89.0 Å². The maximum Gasteiger partial charge on any atom is 0.0620 e. The molecule has 0 saturated heterocycles. The first-order valence-corrected chi connectivity index (χ1v) is 9.51. The van der Waals surface area contributed by atoms with Crippen LogP contribution in [-0.2, 0) is 13.0 Å². The van der Waals surface area contributed by atoms with Crippen LogP contribution in [0.15, 0.2) is 66.7 Å². The van der Waals surface area contributed by atoms with Gasteiger partial charge in [0.1, 0.15) is 0 Å². The second-order valence-electron chi connectivity index (χ2n) is 7.00. The predicted molar refractivity (Wildman–Crippen MR) is 115 cm³/mol. The maximum absolute atomic E-state index is 9.17. The molecule has 0 unspecified atom stereocenters. The molecule has 3 aromatic carbocycles. The summed E-state index contributed by atoms with van der Waals surface area (Å²) < 4.78 is 0. The van der Waals surface area contributed by atoms with E-state index in [1.807, 2.05) is 12.1 Å². The van der Waals surface area contributed by atoms with Crippen molar-refractivity contribution in [3.63, 3.8) is 0 Å². The van der Waals surface area contributed by atoms with Crippen LogP contribution in [-0.4, -0.2) is 11.7 Å². The molecular weight excluding hydrogens is 332 g/mol. The zero-order valence-corrected chi connectivity index (χ0v) is 16.1. The molecule has 3 N–H and O–H groups in total. The van der Waals surface area contributed by atoms with Gasteiger partial charge in [-0.15, -0.1) is 0 Å². The van der Waals surface area contributed by atoms with Gasteiger partial charge in [0.15, 0.2) is 0 Å². The number of nitrogens with one attached hydrogen (secondary N) is 2. The molecule has 140 valence electrons. The van der Waals surface area contributed by atoms with E-state index in [-0.39, 0.29) is 6.61 Å². The van der Waals surface area contributed by atoms with Gasteiger partial charge in [0, 0.05) is 18.8 Å². The molecule has 3 rings (SSSR count). The first kappa shape index (κ1) is 19.0. The molecule has 0 radical (unpaired) electrons. The highest BCUT2D eigenvalue weighted by molar-refractivity contribution is 5.75. The van der Waals surface area contributed by atoms with Gasteiger partial charge in [-0.25, -0.2) is 0 Å². The predicted octanol–water partition coefficient (Wildman–Crippen LogP) is 5.58. The van der Waals surface area contributed by atoms with Gasteiger partial charge in [0.2, 0.25) is 0 Å². The van der Waals surface area contributed by atoms with Crippen molar-refractivity contribution in [1.29, 1.82) is 0 Å². The lowest BCUT2D eigenvalue weighted by Gasteiger charge is -2.17. The molecule has 0 aliphatic carbocycles. The normalized spacial score (nSPS) is 10.6. The fraction of sp³-hybridized carbons (Fsp3) is 0.250. The largest absolute Gasteiger partial charge is 0.396 e. The Morgan fingerprint density at radius 1 is 0.778 bits per heavy atom. The average Bonchev–Trinajstić information content (AvgIpc) is 2.68. The zero-order valence-electron chi connectivity index (χ0n) is 16.1. The summed E-state index contributed by atoms with van der Waals surface area (Å²) in [5, 5.41) is 16.3. The van der Waals surface area contributed by atoms with Crippen molar-refractivity contribution < 1.29 is 5.11 Å². The van der Waals surface area contributed by atoms with Crippen molar-refractivity contribution >= 4 is 17.1 Å². The highest BCUT2D eigenvalue weighted by Gasteiger charge is 2.07. The third kappa shape index (κ3) is 5.35. The van der Waals surface area contributed by atoms with Crippen LogP contribution in [0.1, 0.15) is 28.7 Å². The lowest BCUT2D eigenvalue weighted by atomic mass is 10.0. The molecule has 0 saturated carbocycles. The number of hydrogen-bond donors (Lipinski definition) is 3. The first-order chi connectivity index (χ1) is 13.2. The lowest BCUT2D eigenvalue weighted by Crippen LogP contribution is -2.04. The van der Waals surface area contributed by atoms with Crippen molar-refractivity contribution in [1.82, 2.24) is 0 Å². The third-order valence-electron chi connectivity index (χ3n) is 4.67. The Bertz CT molecular complexity index is 872. The molecule has 3 aromatic rings. The molecule has 0 fully saturated rings. The Kier molecular flexibility index (Phi) is 6.50. The van der Waals surface area contributed by atoms with E-state index >= 15 is 0 Å². The zero-order chi connectivity index (χ0) is 19.1. The molecule has 0 amide bonds. The maximum atomic E-state index is 9.17. The number of aliphatic hydroxyl groups is 1. The van der Waals surface area contributed by atoms with Gasteiger partial charge in [-0.2, -0.15) is 0 Å². The summed E-state index contributed by atoms with van der Waals surface area (Å²) in [5.74, 6) is 0. The second-order valence-corrected chi connectivity index (χ2v) is 7.00. The molecule has 0 aromatic heterocycles. The summed E-state index contributed by atoms with van der Waals surface area (Å²) in [6.45, 7) is 5.20. The van der Waals surface area contributed by atoms with Gasteiger partial charge in [-0.3, -0.25) is 0 Å². The molecule has 0 atom stereocenters. The number of anilines is 3. The van der Waals surface area contributed by atoms with Crippen molar-refractivity contribution in [2.75, 3.05) is 17.2 Å². The van der Waals surface area contributed by atoms with Crippen LogP contribution in [0.5, 0.6) is 0 Å². The average molecular weight is 361 g/mol. The number of benzene rings is 3. The van der Waals surface area contributed by atoms with Crippen molar-refractivity contribution in [2.45, 2.75) is 33.2 Å². The fourth-order valence-corrected chi connectivity index (χ4v) is 3.09. The van der Waals surface area contributed by atoms with Crippen LogP contribution in [0.25, 0.3) is 0 Å². The van der Waals surface area contributed by atoms with Gasteiger partial charge in [-0.1, -0.05) is 54.1 Å². The van der Waals surface area contributed by atoms with E-state index in [1.54, 1.807) is 0 Å². The lowest BCUT2D eigenvalue weighted by molar-refractivity contribution is 0.288. The smallest absolute Gasteiger partial charge is 0.0620 e. The molecule has 3 nitrogen and oxygen atoms in total. The molecule has 3 heteroatoms. The van der Waals surface area contributed by atoms with Crippen LogP contribution in [0.3, 0.4) is 0 Å². The molecule has 0 spiro atoms. The Morgan fingerprint density at radius 3 is 2.22 bits per heavy atom. The van der Waals surface area contributed by atoms with Crippen molar-refractivity contribution in [2.24, 2.45) is 0 Å². The number of aliphatic hydroxyl groups excluding tert-OH is 1. The topological polar surface area (TPSA) is 44.3 Å². The Hall–Kier alpha value is -2.78. The molecule has 0 aliphatic rings. The van der Waals surface area contributed by atoms with E-state index < -0.39 is 0 Å². The van der Waals surface area contributed by atoms with Crippen molar-refractivity contribution in [3.8, 4) is 0 Å². The summed E-state index contributed by atoms with van der Waals surface area (Å²) in [4.78, 5) is 0. The highest BCUT2D eigenvalue weighted by Crippen LogP contribution is 2.29. The second kappa shape index (κ2) is 9.24. The first-order valence-electron chi connectivity index (χ1n) is 9.51. The molecule has 27 heavy (non-hydrogen) atoms. The number of para-hydroxylation sites is 2. The third-order valence-corrected chi connectivity index (χ3v) is 4.67. The summed E-state index contributed by atoms with van der Waals surface area (Å²) in [5.41, 5.74) is 8.21. The Balaban J connectivity index is 1.78. The van der Waals surface area contributed by atoms with E-state index in [0.29, 0.717) is 0 Å². The van der Waals surface area contributed by atoms with E-state index in [4.69, 9.17) is 0 Å². The Morgan fingerprint density at radius 2 is 1.48 bits per heavy atom. The summed E-state index contributed by atoms with van der Waals surface area (Å²) in [6, 6.07) is 23.3. The van der Waals surface area contributed by atoms with Gasteiger partial charge < -0.3 is 15.7 Å². The van der Waals surface area contributed by atoms with E-state index in [0.717, 1.165) is 36.4 Å². The SMILES string of the molecule is Cc1ccc(CNc2ccccc2Nc2cc(C)ccc2CCCO)cc1. The standard InChI is InChI=1S/C24H28N2O/c1-18-9-12-20(13-10-18)17-25-22-7-3-4-8-23(22)26-24-16-19(2)11-14-21(24)6-5-15-27/h3-4,7-14,16,25-27H,5-6,15,17H2,1-2H3. The molecule has 0 aliphatic heterocycles. The van der Waals surface area contributed by atoms with Crippen LogP contribution < -0.4 is 10.6 Å². The number of rotatable bonds is 8. The highest BCUT2D eigenvalue weighted by atomic mass is 16.2. The number of hydrogen-bond acceptors (Lipinski definition) is 3. The quantitative estimate of drug-likeness (QED) is 0.491. The van der Waals surface area contributed by atoms with Gasteiger partial charge in [0.25, 0.3) is 0 Å². The van der Waals surface area contributed by atoms with Crippen LogP contribution in [0.4, 0.5) is 17.1 Å². The Labute approximate surface area is 162 Å². The van der Waals surface area contributed by atoms with E-state index in [1.165, 1.54) is 22.3 Å². The van der Waals surface area contributed by atoms with Crippen LogP contribution in [0.2, 0.25) is 0 Å². The molecule has 0 bridgehead atoms. The minimum atomic E-state index is 0.210. The minimum Gasteiger partial charge on any atom is -0.396 e. The molecular formula is C24H28N2O. The van der Waals surface area contributed by atoms with E-state index in [2.05, 4.69) is 79.1 Å². The van der Waals surface area contributed by atoms with Gasteiger partial charge in [0.05, 0.1) is 11.4 Å². The summed E-state index contributed by atoms with van der Waals surface area (Å²) in [6.07, 6.45) is 1.63. The van der Waals surface area contributed by atoms with Crippen LogP contribution in [0, 0.1) is 13.8 Å². The monoisotopic (exact) mass is 360 g/mol. The fourth-order valence-electron chi connectivity index (χ4n) is 3.09. The molecule has 0 heterocycles. The number of aryl methyl sites for hydroxylation is 3.